The number of aryl methyl sites for hydroxylation is 2. The minimum Gasteiger partial charge on any atom is -0.464 e. The number of methoxy groups -OCH3 is 1. The molecule has 2 aromatic heterocycles. The Morgan fingerprint density at radius 3 is 2.60 bits per heavy atom. The second-order valence-electron chi connectivity index (χ2n) is 9.83. The predicted molar refractivity (Wildman–Crippen MR) is 131 cm³/mol. The summed E-state index contributed by atoms with van der Waals surface area (Å²) in [5.41, 5.74) is 3.03. The van der Waals surface area contributed by atoms with Gasteiger partial charge in [-0.25, -0.2) is 14.8 Å². The molecule has 2 heterocycles. The van der Waals surface area contributed by atoms with E-state index in [-0.39, 0.29) is 30.0 Å². The van der Waals surface area contributed by atoms with Crippen molar-refractivity contribution in [1.82, 2.24) is 14.5 Å². The first-order valence-corrected chi connectivity index (χ1v) is 11.5. The lowest BCUT2D eigenvalue weighted by Gasteiger charge is -2.27. The average molecular weight is 479 g/mol. The molecule has 0 amide bonds. The molecule has 0 N–H and O–H groups in total. The summed E-state index contributed by atoms with van der Waals surface area (Å²) in [7, 11) is 3.29. The molecule has 9 heteroatoms. The van der Waals surface area contributed by atoms with Gasteiger partial charge in [-0.15, -0.1) is 0 Å². The Hall–Kier alpha value is -3.75. The summed E-state index contributed by atoms with van der Waals surface area (Å²) in [6.07, 6.45) is 3.38. The quantitative estimate of drug-likeness (QED) is 0.513. The molecule has 0 fully saturated rings. The molecule has 1 atom stereocenters. The van der Waals surface area contributed by atoms with Crippen LogP contribution in [0.1, 0.15) is 60.7 Å². The number of hydrogen-bond donors (Lipinski definition) is 0. The van der Waals surface area contributed by atoms with Crippen molar-refractivity contribution < 1.29 is 19.1 Å². The van der Waals surface area contributed by atoms with E-state index in [0.29, 0.717) is 16.7 Å². The maximum atomic E-state index is 13.4. The molecule has 0 aliphatic heterocycles. The zero-order valence-electron chi connectivity index (χ0n) is 20.9. The Bertz CT molecular complexity index is 1360. The molecule has 9 nitrogen and oxygen atoms in total. The molecular formula is C26H30N4O5. The molecule has 0 saturated carbocycles. The maximum absolute atomic E-state index is 13.4. The largest absolute Gasteiger partial charge is 0.464 e. The summed E-state index contributed by atoms with van der Waals surface area (Å²) in [6.45, 7) is 6.86. The lowest BCUT2D eigenvalue weighted by molar-refractivity contribution is -0.157. The van der Waals surface area contributed by atoms with Gasteiger partial charge in [0.15, 0.2) is 6.73 Å². The summed E-state index contributed by atoms with van der Waals surface area (Å²) in [4.78, 5) is 48.2. The van der Waals surface area contributed by atoms with Crippen LogP contribution in [-0.2, 0) is 27.4 Å². The Morgan fingerprint density at radius 1 is 1.23 bits per heavy atom. The van der Waals surface area contributed by atoms with Crippen molar-refractivity contribution >= 4 is 28.5 Å². The molecule has 0 saturated heterocycles. The summed E-state index contributed by atoms with van der Waals surface area (Å²) in [5.74, 6) is -0.372. The third-order valence-electron chi connectivity index (χ3n) is 6.41. The molecule has 35 heavy (non-hydrogen) atoms. The molecule has 1 aliphatic carbocycles. The van der Waals surface area contributed by atoms with E-state index in [1.165, 1.54) is 11.7 Å². The fourth-order valence-electron chi connectivity index (χ4n) is 4.31. The van der Waals surface area contributed by atoms with E-state index >= 15 is 0 Å². The molecule has 0 radical (unpaired) electrons. The molecule has 0 spiro atoms. The highest BCUT2D eigenvalue weighted by atomic mass is 16.5. The number of nitrogens with zero attached hydrogens (tertiary/aromatic N) is 4. The molecular weight excluding hydrogens is 448 g/mol. The smallest absolute Gasteiger partial charge is 0.356 e. The van der Waals surface area contributed by atoms with Crippen LogP contribution in [0.4, 0.5) is 5.69 Å². The maximum Gasteiger partial charge on any atom is 0.356 e. The van der Waals surface area contributed by atoms with Crippen LogP contribution in [0.2, 0.25) is 0 Å². The molecule has 0 unspecified atom stereocenters. The van der Waals surface area contributed by atoms with Gasteiger partial charge in [0.1, 0.15) is 11.5 Å². The van der Waals surface area contributed by atoms with Gasteiger partial charge in [-0.2, -0.15) is 0 Å². The molecule has 3 aromatic rings. The van der Waals surface area contributed by atoms with Crippen LogP contribution in [0, 0.1) is 12.3 Å². The van der Waals surface area contributed by atoms with Crippen molar-refractivity contribution in [1.29, 1.82) is 0 Å². The van der Waals surface area contributed by atoms with Crippen LogP contribution in [0.5, 0.6) is 0 Å². The van der Waals surface area contributed by atoms with Crippen LogP contribution in [-0.4, -0.2) is 40.6 Å². The number of carbonyl (C=O) groups is 2. The van der Waals surface area contributed by atoms with Crippen LogP contribution < -0.4 is 10.5 Å². The Morgan fingerprint density at radius 2 is 1.97 bits per heavy atom. The fourth-order valence-corrected chi connectivity index (χ4v) is 4.31. The normalized spacial score (nSPS) is 15.1. The highest BCUT2D eigenvalue weighted by Crippen LogP contribution is 2.38. The predicted octanol–water partition coefficient (Wildman–Crippen LogP) is 3.56. The van der Waals surface area contributed by atoms with E-state index in [9.17, 15) is 14.4 Å². The second kappa shape index (κ2) is 9.13. The number of pyridine rings is 1. The number of carbonyl (C=O) groups excluding carboxylic acids is 2. The summed E-state index contributed by atoms with van der Waals surface area (Å²) in [6, 6.07) is 7.40. The molecule has 1 aliphatic rings. The second-order valence-corrected chi connectivity index (χ2v) is 9.83. The minimum atomic E-state index is -0.662. The van der Waals surface area contributed by atoms with Gasteiger partial charge in [-0.1, -0.05) is 0 Å². The molecule has 4 rings (SSSR count). The number of fused-ring (bicyclic) bond motifs is 2. The highest BCUT2D eigenvalue weighted by molar-refractivity contribution is 5.87. The molecule has 0 bridgehead atoms. The lowest BCUT2D eigenvalue weighted by Crippen LogP contribution is -2.30. The molecule has 1 aromatic carbocycles. The van der Waals surface area contributed by atoms with E-state index in [1.54, 1.807) is 40.0 Å². The van der Waals surface area contributed by atoms with Crippen molar-refractivity contribution in [2.45, 2.75) is 53.3 Å². The summed E-state index contributed by atoms with van der Waals surface area (Å²) in [5, 5.41) is 0.487. The number of esters is 2. The topological polar surface area (TPSA) is 104 Å². The van der Waals surface area contributed by atoms with E-state index < -0.39 is 11.4 Å². The van der Waals surface area contributed by atoms with Crippen molar-refractivity contribution in [2.75, 3.05) is 19.1 Å². The number of ether oxygens (including phenoxy) is 2. The van der Waals surface area contributed by atoms with Crippen LogP contribution in [0.25, 0.3) is 10.9 Å². The minimum absolute atomic E-state index is 0.0352. The van der Waals surface area contributed by atoms with E-state index in [1.807, 2.05) is 25.2 Å². The van der Waals surface area contributed by atoms with Gasteiger partial charge in [-0.3, -0.25) is 14.2 Å². The van der Waals surface area contributed by atoms with E-state index in [4.69, 9.17) is 9.47 Å². The lowest BCUT2D eigenvalue weighted by atomic mass is 9.98. The van der Waals surface area contributed by atoms with Crippen LogP contribution in [0.3, 0.4) is 0 Å². The van der Waals surface area contributed by atoms with Gasteiger partial charge in [0.2, 0.25) is 0 Å². The van der Waals surface area contributed by atoms with Gasteiger partial charge in [0.05, 0.1) is 41.4 Å². The number of aromatic nitrogens is 3. The number of hydrogen-bond acceptors (Lipinski definition) is 8. The van der Waals surface area contributed by atoms with Gasteiger partial charge >= 0.3 is 11.9 Å². The first-order valence-electron chi connectivity index (χ1n) is 11.5. The van der Waals surface area contributed by atoms with Gasteiger partial charge in [0, 0.05) is 7.05 Å². The van der Waals surface area contributed by atoms with Crippen LogP contribution >= 0.6 is 0 Å². The highest BCUT2D eigenvalue weighted by Gasteiger charge is 2.28. The fraction of sp³-hybridized carbons (Fsp3) is 0.423. The van der Waals surface area contributed by atoms with E-state index in [2.05, 4.69) is 14.9 Å². The van der Waals surface area contributed by atoms with Crippen molar-refractivity contribution in [3.8, 4) is 0 Å². The average Bonchev–Trinajstić information content (AvgIpc) is 3.24. The van der Waals surface area contributed by atoms with Crippen molar-refractivity contribution in [2.24, 2.45) is 5.41 Å². The SMILES string of the molecule is COC(=O)c1ccc(N(C)[C@H]2CCc3cc4nc(C)n(COC(=O)C(C)(C)C)c(=O)c4cc32)cn1. The van der Waals surface area contributed by atoms with Crippen molar-refractivity contribution in [3.63, 3.8) is 0 Å². The Kier molecular flexibility index (Phi) is 6.36. The summed E-state index contributed by atoms with van der Waals surface area (Å²) < 4.78 is 11.5. The Labute approximate surface area is 203 Å². The summed E-state index contributed by atoms with van der Waals surface area (Å²) >= 11 is 0. The van der Waals surface area contributed by atoms with Gasteiger partial charge in [-0.05, 0) is 75.9 Å². The third-order valence-corrected chi connectivity index (χ3v) is 6.41. The van der Waals surface area contributed by atoms with E-state index in [0.717, 1.165) is 29.7 Å². The number of rotatable bonds is 5. The Balaban J connectivity index is 1.66. The molecule has 184 valence electrons. The zero-order chi connectivity index (χ0) is 25.5. The first-order chi connectivity index (χ1) is 16.5. The first kappa shape index (κ1) is 24.4. The zero-order valence-corrected chi connectivity index (χ0v) is 20.9. The third kappa shape index (κ3) is 4.62. The van der Waals surface area contributed by atoms with Gasteiger partial charge < -0.3 is 14.4 Å². The van der Waals surface area contributed by atoms with Gasteiger partial charge in [0.25, 0.3) is 5.56 Å². The van der Waals surface area contributed by atoms with Crippen molar-refractivity contribution in [3.05, 3.63) is 63.5 Å². The monoisotopic (exact) mass is 478 g/mol. The number of benzene rings is 1. The number of anilines is 1. The standard InChI is InChI=1S/C26H30N4O5/c1-15-28-21-11-16-7-10-22(29(5)17-8-9-20(27-13-17)24(32)34-6)18(16)12-19(21)23(31)30(15)14-35-25(33)26(2,3)4/h8-9,11-13,22H,7,10,14H2,1-6H3/t22-/m0/s1. The van der Waals surface area contributed by atoms with Crippen LogP contribution in [0.15, 0.2) is 35.3 Å².